The van der Waals surface area contributed by atoms with Gasteiger partial charge in [0, 0.05) is 19.0 Å². The molecule has 1 aromatic carbocycles. The van der Waals surface area contributed by atoms with Gasteiger partial charge in [0.2, 0.25) is 11.7 Å². The monoisotopic (exact) mass is 270 g/mol. The number of carbonyl (C=O) groups excluding carboxylic acids is 1. The van der Waals surface area contributed by atoms with Gasteiger partial charge in [0.05, 0.1) is 14.1 Å². The van der Waals surface area contributed by atoms with Crippen LogP contribution in [0.15, 0.2) is 24.3 Å². The molecule has 5 heteroatoms. The summed E-state index contributed by atoms with van der Waals surface area (Å²) in [5, 5.41) is 6.08. The van der Waals surface area contributed by atoms with Crippen molar-refractivity contribution in [1.29, 1.82) is 0 Å². The van der Waals surface area contributed by atoms with Crippen molar-refractivity contribution < 1.29 is 9.37 Å². The molecule has 0 atom stereocenters. The standard InChI is InChI=1S/C13H19N3O.ClH/c1-5-13(17)15-12-8-6-11(7-9-12)14-10(2)16(3)4;/h6-9H,5H2,1-4H3,(H,15,17);1H/p+1. The molecule has 0 radical (unpaired) electrons. The quantitative estimate of drug-likeness (QED) is 0.504. The third-order valence-corrected chi connectivity index (χ3v) is 2.49. The Hall–Kier alpha value is -1.55. The Balaban J connectivity index is 0.00000289. The lowest BCUT2D eigenvalue weighted by atomic mass is 10.2. The van der Waals surface area contributed by atoms with Crippen LogP contribution >= 0.6 is 12.4 Å². The van der Waals surface area contributed by atoms with Gasteiger partial charge < -0.3 is 5.32 Å². The predicted octanol–water partition coefficient (Wildman–Crippen LogP) is 2.56. The number of rotatable bonds is 3. The van der Waals surface area contributed by atoms with E-state index in [-0.39, 0.29) is 18.3 Å². The summed E-state index contributed by atoms with van der Waals surface area (Å²) in [6.07, 6.45) is 0.494. The molecule has 0 heterocycles. The molecule has 2 N–H and O–H groups in total. The van der Waals surface area contributed by atoms with Crippen LogP contribution in [0, 0.1) is 0 Å². The second-order valence-corrected chi connectivity index (χ2v) is 4.08. The predicted molar refractivity (Wildman–Crippen MR) is 79.0 cm³/mol. The highest BCUT2D eigenvalue weighted by Gasteiger charge is 2.03. The Morgan fingerprint density at radius 2 is 1.56 bits per heavy atom. The third-order valence-electron chi connectivity index (χ3n) is 2.49. The SMILES string of the molecule is CCC(=O)Nc1ccc(NC(C)=[N+](C)C)cc1.Cl. The zero-order valence-electron chi connectivity index (χ0n) is 11.3. The number of hydrogen-bond acceptors (Lipinski definition) is 1. The first-order valence-electron chi connectivity index (χ1n) is 5.70. The van der Waals surface area contributed by atoms with Gasteiger partial charge in [-0.05, 0) is 24.3 Å². The van der Waals surface area contributed by atoms with Crippen molar-refractivity contribution in [3.05, 3.63) is 24.3 Å². The van der Waals surface area contributed by atoms with Crippen molar-refractivity contribution in [3.8, 4) is 0 Å². The van der Waals surface area contributed by atoms with Crippen molar-refractivity contribution >= 4 is 35.5 Å². The van der Waals surface area contributed by atoms with E-state index >= 15 is 0 Å². The minimum absolute atomic E-state index is 0. The summed E-state index contributed by atoms with van der Waals surface area (Å²) in [6.45, 7) is 3.84. The molecule has 0 aromatic heterocycles. The zero-order chi connectivity index (χ0) is 12.8. The number of amides is 1. The van der Waals surface area contributed by atoms with E-state index in [4.69, 9.17) is 0 Å². The maximum atomic E-state index is 11.2. The second-order valence-electron chi connectivity index (χ2n) is 4.08. The molecule has 0 saturated carbocycles. The van der Waals surface area contributed by atoms with Crippen LogP contribution in [0.5, 0.6) is 0 Å². The van der Waals surface area contributed by atoms with Crippen molar-refractivity contribution in [1.82, 2.24) is 0 Å². The number of nitrogens with one attached hydrogen (secondary N) is 2. The van der Waals surface area contributed by atoms with Crippen LogP contribution in [0.3, 0.4) is 0 Å². The highest BCUT2D eigenvalue weighted by molar-refractivity contribution is 5.92. The van der Waals surface area contributed by atoms with E-state index in [9.17, 15) is 4.79 Å². The molecule has 0 fully saturated rings. The van der Waals surface area contributed by atoms with Crippen molar-refractivity contribution in [2.24, 2.45) is 0 Å². The molecule has 0 aliphatic carbocycles. The van der Waals surface area contributed by atoms with Crippen LogP contribution in [0.25, 0.3) is 0 Å². The van der Waals surface area contributed by atoms with Gasteiger partial charge in [0.25, 0.3) is 0 Å². The van der Waals surface area contributed by atoms with Gasteiger partial charge in [-0.3, -0.25) is 9.37 Å². The average Bonchev–Trinajstić information content (AvgIpc) is 2.31. The topological polar surface area (TPSA) is 44.1 Å². The van der Waals surface area contributed by atoms with Gasteiger partial charge in [0.15, 0.2) is 0 Å². The zero-order valence-corrected chi connectivity index (χ0v) is 12.1. The summed E-state index contributed by atoms with van der Waals surface area (Å²) in [4.78, 5) is 11.2. The van der Waals surface area contributed by atoms with Crippen LogP contribution in [-0.2, 0) is 4.79 Å². The molecule has 0 saturated heterocycles. The van der Waals surface area contributed by atoms with Crippen molar-refractivity contribution in [2.45, 2.75) is 20.3 Å². The lowest BCUT2D eigenvalue weighted by molar-refractivity contribution is -0.464. The van der Waals surface area contributed by atoms with Gasteiger partial charge in [-0.25, -0.2) is 5.32 Å². The summed E-state index contributed by atoms with van der Waals surface area (Å²) < 4.78 is 2.01. The Bertz CT molecular complexity index is 422. The van der Waals surface area contributed by atoms with Crippen LogP contribution < -0.4 is 10.6 Å². The second kappa shape index (κ2) is 7.71. The highest BCUT2D eigenvalue weighted by Crippen LogP contribution is 2.13. The minimum Gasteiger partial charge on any atom is -0.326 e. The summed E-state index contributed by atoms with van der Waals surface area (Å²) in [5.41, 5.74) is 1.83. The van der Waals surface area contributed by atoms with Gasteiger partial charge in [-0.15, -0.1) is 12.4 Å². The van der Waals surface area contributed by atoms with E-state index in [2.05, 4.69) is 10.6 Å². The number of carbonyl (C=O) groups is 1. The molecule has 1 rings (SSSR count). The minimum atomic E-state index is 0. The molecule has 0 spiro atoms. The third kappa shape index (κ3) is 5.19. The molecule has 0 unspecified atom stereocenters. The number of nitrogens with zero attached hydrogens (tertiary/aromatic N) is 1. The Kier molecular flexibility index (Phi) is 7.05. The molecule has 1 aromatic rings. The summed E-state index contributed by atoms with van der Waals surface area (Å²) in [7, 11) is 3.97. The molecule has 0 aliphatic heterocycles. The van der Waals surface area contributed by atoms with Crippen LogP contribution in [0.2, 0.25) is 0 Å². The molecular weight excluding hydrogens is 250 g/mol. The largest absolute Gasteiger partial charge is 0.326 e. The smallest absolute Gasteiger partial charge is 0.246 e. The summed E-state index contributed by atoms with van der Waals surface area (Å²) in [6, 6.07) is 7.66. The number of halogens is 1. The molecule has 0 aliphatic rings. The van der Waals surface area contributed by atoms with Gasteiger partial charge >= 0.3 is 0 Å². The van der Waals surface area contributed by atoms with E-state index < -0.39 is 0 Å². The lowest BCUT2D eigenvalue weighted by Gasteiger charge is -2.05. The molecule has 100 valence electrons. The fraction of sp³-hybridized carbons (Fsp3) is 0.385. The Morgan fingerprint density at radius 3 is 1.94 bits per heavy atom. The maximum absolute atomic E-state index is 11.2. The van der Waals surface area contributed by atoms with E-state index in [1.54, 1.807) is 0 Å². The Morgan fingerprint density at radius 1 is 1.11 bits per heavy atom. The van der Waals surface area contributed by atoms with Crippen LogP contribution in [0.4, 0.5) is 11.4 Å². The number of amidine groups is 1. The van der Waals surface area contributed by atoms with Gasteiger partial charge in [0.1, 0.15) is 5.69 Å². The highest BCUT2D eigenvalue weighted by atomic mass is 35.5. The summed E-state index contributed by atoms with van der Waals surface area (Å²) >= 11 is 0. The van der Waals surface area contributed by atoms with Crippen LogP contribution in [-0.4, -0.2) is 30.4 Å². The average molecular weight is 271 g/mol. The molecule has 1 amide bonds. The maximum Gasteiger partial charge on any atom is 0.246 e. The normalized spacial score (nSPS) is 9.11. The van der Waals surface area contributed by atoms with Crippen molar-refractivity contribution in [2.75, 3.05) is 24.7 Å². The number of benzene rings is 1. The molecule has 4 nitrogen and oxygen atoms in total. The Labute approximate surface area is 115 Å². The van der Waals surface area contributed by atoms with Crippen molar-refractivity contribution in [3.63, 3.8) is 0 Å². The first-order valence-corrected chi connectivity index (χ1v) is 5.70. The lowest BCUT2D eigenvalue weighted by Crippen LogP contribution is -2.18. The van der Waals surface area contributed by atoms with Gasteiger partial charge in [-0.1, -0.05) is 6.92 Å². The molecule has 18 heavy (non-hydrogen) atoms. The van der Waals surface area contributed by atoms with Crippen LogP contribution in [0.1, 0.15) is 20.3 Å². The van der Waals surface area contributed by atoms with E-state index in [0.29, 0.717) is 6.42 Å². The first-order chi connectivity index (χ1) is 8.02. The van der Waals surface area contributed by atoms with E-state index in [0.717, 1.165) is 17.2 Å². The first kappa shape index (κ1) is 16.4. The fourth-order valence-electron chi connectivity index (χ4n) is 1.21. The summed E-state index contributed by atoms with van der Waals surface area (Å²) in [5.74, 6) is 1.09. The van der Waals surface area contributed by atoms with Gasteiger partial charge in [-0.2, -0.15) is 0 Å². The molecular formula is C13H21ClN3O+. The van der Waals surface area contributed by atoms with E-state index in [1.165, 1.54) is 0 Å². The van der Waals surface area contributed by atoms with E-state index in [1.807, 2.05) is 56.8 Å². The fourth-order valence-corrected chi connectivity index (χ4v) is 1.21. The molecule has 0 bridgehead atoms. The number of hydrogen-bond donors (Lipinski definition) is 2. The number of anilines is 2.